The van der Waals surface area contributed by atoms with E-state index in [0.717, 1.165) is 44.3 Å². The quantitative estimate of drug-likeness (QED) is 0.401. The Labute approximate surface area is 210 Å². The predicted molar refractivity (Wildman–Crippen MR) is 140 cm³/mol. The molecule has 5 rings (SSSR count). The molecule has 3 heterocycles. The van der Waals surface area contributed by atoms with Gasteiger partial charge in [-0.1, -0.05) is 6.92 Å². The number of anilines is 3. The number of nitrogens with one attached hydrogen (secondary N) is 2. The molecule has 0 unspecified atom stereocenters. The Morgan fingerprint density at radius 2 is 1.92 bits per heavy atom. The number of aromatic nitrogens is 3. The number of carbonyl (C=O) groups excluding carboxylic acids is 1. The lowest BCUT2D eigenvalue weighted by atomic mass is 9.93. The van der Waals surface area contributed by atoms with Crippen LogP contribution in [0.25, 0.3) is 11.0 Å². The van der Waals surface area contributed by atoms with Gasteiger partial charge in [0.15, 0.2) is 5.65 Å². The number of fused-ring (bicyclic) bond motifs is 1. The zero-order chi connectivity index (χ0) is 25.3. The third kappa shape index (κ3) is 5.17. The number of amides is 1. The van der Waals surface area contributed by atoms with Crippen molar-refractivity contribution in [3.05, 3.63) is 42.1 Å². The highest BCUT2D eigenvalue weighted by Gasteiger charge is 2.44. The van der Waals surface area contributed by atoms with Crippen LogP contribution < -0.4 is 14.9 Å². The second kappa shape index (κ2) is 9.70. The number of piperidine rings is 1. The Balaban J connectivity index is 1.43. The molecule has 0 atom stereocenters. The number of aliphatic hydroxyl groups is 1. The van der Waals surface area contributed by atoms with E-state index in [2.05, 4.69) is 31.9 Å². The van der Waals surface area contributed by atoms with Gasteiger partial charge in [-0.25, -0.2) is 18.1 Å². The summed E-state index contributed by atoms with van der Waals surface area (Å²) in [5, 5.41) is 17.3. The summed E-state index contributed by atoms with van der Waals surface area (Å²) in [6.07, 6.45) is 7.34. The fourth-order valence-electron chi connectivity index (χ4n) is 4.88. The van der Waals surface area contributed by atoms with E-state index in [9.17, 15) is 13.2 Å². The van der Waals surface area contributed by atoms with Crippen molar-refractivity contribution < 1.29 is 18.3 Å². The van der Waals surface area contributed by atoms with Crippen LogP contribution in [-0.2, 0) is 16.6 Å². The van der Waals surface area contributed by atoms with Crippen LogP contribution in [0.5, 0.6) is 0 Å². The van der Waals surface area contributed by atoms with Crippen molar-refractivity contribution in [2.24, 2.45) is 5.41 Å². The Hall–Kier alpha value is -3.18. The minimum Gasteiger partial charge on any atom is -0.395 e. The van der Waals surface area contributed by atoms with Crippen molar-refractivity contribution in [1.29, 1.82) is 0 Å². The molecule has 1 aromatic carbocycles. The van der Waals surface area contributed by atoms with E-state index in [1.807, 2.05) is 10.7 Å². The van der Waals surface area contributed by atoms with Crippen molar-refractivity contribution in [3.63, 3.8) is 0 Å². The summed E-state index contributed by atoms with van der Waals surface area (Å²) in [4.78, 5) is 20.2. The predicted octanol–water partition coefficient (Wildman–Crippen LogP) is 3.21. The van der Waals surface area contributed by atoms with Gasteiger partial charge in [-0.05, 0) is 67.9 Å². The molecule has 1 aliphatic carbocycles. The molecule has 10 nitrogen and oxygen atoms in total. The molecule has 1 amide bonds. The SMILES string of the molecule is CCCn1ncc2ccc(NC(=O)c3ccc(NS(=O)(=O)CCO)cc3N3CCC4(CC3)CC4)nc21. The van der Waals surface area contributed by atoms with Gasteiger partial charge in [-0.15, -0.1) is 0 Å². The maximum Gasteiger partial charge on any atom is 0.258 e. The molecule has 3 aromatic rings. The number of nitrogens with zero attached hydrogens (tertiary/aromatic N) is 4. The fraction of sp³-hybridized carbons (Fsp3) is 0.480. The summed E-state index contributed by atoms with van der Waals surface area (Å²) in [6, 6.07) is 8.57. The third-order valence-corrected chi connectivity index (χ3v) is 8.43. The standard InChI is InChI=1S/C25H32N6O4S/c1-2-11-31-23-18(17-26-31)3-6-22(27-23)28-24(33)20-5-4-19(29-36(34,35)15-14-32)16-21(20)30-12-9-25(7-8-25)10-13-30/h3-6,16-17,29,32H,2,7-15H2,1H3,(H,27,28,33). The first-order chi connectivity index (χ1) is 17.3. The average Bonchev–Trinajstić information content (AvgIpc) is 3.49. The van der Waals surface area contributed by atoms with Crippen LogP contribution in [0.1, 0.15) is 49.4 Å². The number of hydrogen-bond acceptors (Lipinski definition) is 7. The largest absolute Gasteiger partial charge is 0.395 e. The molecule has 3 N–H and O–H groups in total. The van der Waals surface area contributed by atoms with E-state index in [0.29, 0.717) is 33.8 Å². The lowest BCUT2D eigenvalue weighted by Gasteiger charge is -2.35. The monoisotopic (exact) mass is 512 g/mol. The first kappa shape index (κ1) is 24.5. The van der Waals surface area contributed by atoms with Gasteiger partial charge in [0.05, 0.1) is 35.5 Å². The third-order valence-electron chi connectivity index (χ3n) is 7.16. The highest BCUT2D eigenvalue weighted by atomic mass is 32.2. The van der Waals surface area contributed by atoms with Gasteiger partial charge >= 0.3 is 0 Å². The van der Waals surface area contributed by atoms with E-state index in [4.69, 9.17) is 5.11 Å². The highest BCUT2D eigenvalue weighted by Crippen LogP contribution is 2.54. The molecule has 11 heteroatoms. The maximum absolute atomic E-state index is 13.4. The van der Waals surface area contributed by atoms with Crippen molar-refractivity contribution in [2.45, 2.75) is 45.6 Å². The zero-order valence-corrected chi connectivity index (χ0v) is 21.2. The summed E-state index contributed by atoms with van der Waals surface area (Å²) in [5.74, 6) is -0.269. The van der Waals surface area contributed by atoms with E-state index in [-0.39, 0.29) is 11.7 Å². The molecule has 0 bridgehead atoms. The molecule has 0 radical (unpaired) electrons. The smallest absolute Gasteiger partial charge is 0.258 e. The lowest BCUT2D eigenvalue weighted by Crippen LogP contribution is -2.35. The molecule has 1 saturated carbocycles. The number of sulfonamides is 1. The summed E-state index contributed by atoms with van der Waals surface area (Å²) in [7, 11) is -3.68. The molecule has 1 aliphatic heterocycles. The molecule has 2 aromatic heterocycles. The van der Waals surface area contributed by atoms with Gasteiger partial charge in [0.1, 0.15) is 5.82 Å². The van der Waals surface area contributed by atoms with Gasteiger partial charge < -0.3 is 15.3 Å². The first-order valence-corrected chi connectivity index (χ1v) is 14.1. The Kier molecular flexibility index (Phi) is 6.60. The Morgan fingerprint density at radius 3 is 2.61 bits per heavy atom. The molecular weight excluding hydrogens is 480 g/mol. The second-order valence-electron chi connectivity index (χ2n) is 9.79. The molecular formula is C25H32N6O4S. The van der Waals surface area contributed by atoms with Crippen molar-refractivity contribution in [1.82, 2.24) is 14.8 Å². The van der Waals surface area contributed by atoms with E-state index >= 15 is 0 Å². The number of carbonyl (C=O) groups is 1. The van der Waals surface area contributed by atoms with Gasteiger partial charge in [0, 0.05) is 25.0 Å². The number of hydrogen-bond donors (Lipinski definition) is 3. The van der Waals surface area contributed by atoms with Crippen LogP contribution >= 0.6 is 0 Å². The van der Waals surface area contributed by atoms with E-state index < -0.39 is 16.6 Å². The van der Waals surface area contributed by atoms with E-state index in [1.54, 1.807) is 30.5 Å². The normalized spacial score (nSPS) is 16.9. The van der Waals surface area contributed by atoms with Crippen LogP contribution in [0.3, 0.4) is 0 Å². The molecule has 192 valence electrons. The van der Waals surface area contributed by atoms with Gasteiger partial charge in [0.25, 0.3) is 5.91 Å². The Morgan fingerprint density at radius 1 is 1.14 bits per heavy atom. The van der Waals surface area contributed by atoms with Gasteiger partial charge in [-0.3, -0.25) is 9.52 Å². The van der Waals surface area contributed by atoms with Gasteiger partial charge in [-0.2, -0.15) is 5.10 Å². The van der Waals surface area contributed by atoms with Crippen molar-refractivity contribution in [3.8, 4) is 0 Å². The summed E-state index contributed by atoms with van der Waals surface area (Å²) < 4.78 is 28.8. The average molecular weight is 513 g/mol. The Bertz CT molecular complexity index is 1370. The van der Waals surface area contributed by atoms with Gasteiger partial charge in [0.2, 0.25) is 10.0 Å². The van der Waals surface area contributed by atoms with Crippen molar-refractivity contribution >= 4 is 44.2 Å². The second-order valence-corrected chi connectivity index (χ2v) is 11.6. The fourth-order valence-corrected chi connectivity index (χ4v) is 5.71. The number of aliphatic hydroxyl groups excluding tert-OH is 1. The van der Waals surface area contributed by atoms with E-state index in [1.165, 1.54) is 12.8 Å². The van der Waals surface area contributed by atoms with Crippen LogP contribution in [0.2, 0.25) is 0 Å². The molecule has 36 heavy (non-hydrogen) atoms. The highest BCUT2D eigenvalue weighted by molar-refractivity contribution is 7.92. The zero-order valence-electron chi connectivity index (χ0n) is 20.4. The van der Waals surface area contributed by atoms with Crippen LogP contribution in [0.4, 0.5) is 17.2 Å². The lowest BCUT2D eigenvalue weighted by molar-refractivity contribution is 0.102. The van der Waals surface area contributed by atoms with Crippen LogP contribution in [0, 0.1) is 5.41 Å². The summed E-state index contributed by atoms with van der Waals surface area (Å²) >= 11 is 0. The number of aryl methyl sites for hydroxylation is 1. The van der Waals surface area contributed by atoms with Crippen LogP contribution in [0.15, 0.2) is 36.5 Å². The van der Waals surface area contributed by atoms with Crippen LogP contribution in [-0.4, -0.2) is 59.6 Å². The first-order valence-electron chi connectivity index (χ1n) is 12.5. The number of pyridine rings is 1. The molecule has 2 aliphatic rings. The molecule has 1 spiro atoms. The topological polar surface area (TPSA) is 129 Å². The summed E-state index contributed by atoms with van der Waals surface area (Å²) in [6.45, 7) is 3.97. The summed E-state index contributed by atoms with van der Waals surface area (Å²) in [5.41, 5.74) is 2.68. The molecule has 1 saturated heterocycles. The number of rotatable bonds is 9. The maximum atomic E-state index is 13.4. The van der Waals surface area contributed by atoms with Crippen molar-refractivity contribution in [2.75, 3.05) is 40.4 Å². The molecule has 2 fully saturated rings. The minimum atomic E-state index is -3.68. The number of benzene rings is 1. The minimum absolute atomic E-state index is 0.310.